The van der Waals surface area contributed by atoms with Crippen molar-refractivity contribution in [2.45, 2.75) is 19.9 Å². The van der Waals surface area contributed by atoms with Crippen molar-refractivity contribution >= 4 is 28.4 Å². The second kappa shape index (κ2) is 7.64. The maximum absolute atomic E-state index is 13.1. The molecule has 0 aliphatic carbocycles. The molecule has 0 saturated carbocycles. The number of carbonyl (C=O) groups excluding carboxylic acids is 1. The summed E-state index contributed by atoms with van der Waals surface area (Å²) in [7, 11) is 0. The minimum absolute atomic E-state index is 0.0241. The summed E-state index contributed by atoms with van der Waals surface area (Å²) in [5.74, 6) is 0.929. The number of nitrogens with one attached hydrogen (secondary N) is 1. The molecule has 0 spiro atoms. The molecule has 0 radical (unpaired) electrons. The molecule has 1 aromatic heterocycles. The van der Waals surface area contributed by atoms with E-state index in [9.17, 15) is 9.59 Å². The van der Waals surface area contributed by atoms with E-state index in [1.54, 1.807) is 29.2 Å². The lowest BCUT2D eigenvalue weighted by Crippen LogP contribution is -2.41. The molecule has 1 unspecified atom stereocenters. The Hall–Kier alpha value is -2.86. The van der Waals surface area contributed by atoms with Crippen molar-refractivity contribution in [2.24, 2.45) is 5.92 Å². The molecule has 4 rings (SSSR count). The molecule has 3 aromatic rings. The first-order valence-corrected chi connectivity index (χ1v) is 9.61. The number of aromatic amines is 1. The third-order valence-electron chi connectivity index (χ3n) is 4.97. The van der Waals surface area contributed by atoms with E-state index < -0.39 is 0 Å². The summed E-state index contributed by atoms with van der Waals surface area (Å²) in [4.78, 5) is 34.3. The molecule has 0 saturated heterocycles. The standard InChI is InChI=1S/C21H20ClN3O3/c1-2-25(11-19-23-17-6-4-3-5-16(17)20(26)24-19)21(27)14-9-13-10-15(22)7-8-18(13)28-12-14/h3-8,10,14H,2,9,11-12H2,1H3,(H,23,24,26). The average Bonchev–Trinajstić information content (AvgIpc) is 2.71. The zero-order valence-corrected chi connectivity index (χ0v) is 16.2. The molecule has 0 bridgehead atoms. The Labute approximate surface area is 167 Å². The first-order valence-electron chi connectivity index (χ1n) is 9.23. The molecular formula is C21H20ClN3O3. The number of H-pyrrole nitrogens is 1. The summed E-state index contributed by atoms with van der Waals surface area (Å²) >= 11 is 6.07. The van der Waals surface area contributed by atoms with Crippen molar-refractivity contribution in [3.8, 4) is 5.75 Å². The van der Waals surface area contributed by atoms with Crippen LogP contribution in [0.2, 0.25) is 5.02 Å². The fourth-order valence-corrected chi connectivity index (χ4v) is 3.71. The van der Waals surface area contributed by atoms with Gasteiger partial charge in [-0.15, -0.1) is 0 Å². The van der Waals surface area contributed by atoms with Crippen LogP contribution in [-0.2, 0) is 17.8 Å². The molecule has 1 N–H and O–H groups in total. The highest BCUT2D eigenvalue weighted by molar-refractivity contribution is 6.30. The Bertz CT molecular complexity index is 1100. The van der Waals surface area contributed by atoms with Gasteiger partial charge in [-0.1, -0.05) is 23.7 Å². The molecule has 0 fully saturated rings. The fraction of sp³-hybridized carbons (Fsp3) is 0.286. The monoisotopic (exact) mass is 397 g/mol. The summed E-state index contributed by atoms with van der Waals surface area (Å²) in [6.07, 6.45) is 0.576. The molecule has 6 nitrogen and oxygen atoms in total. The van der Waals surface area contributed by atoms with Gasteiger partial charge in [0.1, 0.15) is 18.2 Å². The van der Waals surface area contributed by atoms with E-state index in [1.165, 1.54) is 0 Å². The second-order valence-corrected chi connectivity index (χ2v) is 7.28. The number of amides is 1. The van der Waals surface area contributed by atoms with Gasteiger partial charge in [0, 0.05) is 11.6 Å². The highest BCUT2D eigenvalue weighted by atomic mass is 35.5. The van der Waals surface area contributed by atoms with Gasteiger partial charge >= 0.3 is 0 Å². The lowest BCUT2D eigenvalue weighted by molar-refractivity contribution is -0.137. The Morgan fingerprint density at radius 3 is 2.96 bits per heavy atom. The third kappa shape index (κ3) is 3.60. The maximum atomic E-state index is 13.1. The molecule has 1 amide bonds. The zero-order chi connectivity index (χ0) is 19.7. The molecule has 144 valence electrons. The number of hydrogen-bond acceptors (Lipinski definition) is 4. The number of fused-ring (bicyclic) bond motifs is 2. The minimum Gasteiger partial charge on any atom is -0.492 e. The summed E-state index contributed by atoms with van der Waals surface area (Å²) in [5.41, 5.74) is 1.35. The molecule has 2 aromatic carbocycles. The smallest absolute Gasteiger partial charge is 0.258 e. The normalized spacial score (nSPS) is 15.7. The van der Waals surface area contributed by atoms with E-state index in [-0.39, 0.29) is 23.9 Å². The SMILES string of the molecule is CCN(Cc1nc2ccccc2c(=O)[nH]1)C(=O)C1COc2ccc(Cl)cc2C1. The van der Waals surface area contributed by atoms with Gasteiger partial charge in [-0.05, 0) is 49.2 Å². The van der Waals surface area contributed by atoms with E-state index in [0.29, 0.717) is 41.3 Å². The van der Waals surface area contributed by atoms with Crippen LogP contribution in [0, 0.1) is 5.92 Å². The van der Waals surface area contributed by atoms with Gasteiger partial charge in [-0.2, -0.15) is 0 Å². The van der Waals surface area contributed by atoms with Gasteiger partial charge in [-0.3, -0.25) is 9.59 Å². The Kier molecular flexibility index (Phi) is 5.05. The Morgan fingerprint density at radius 2 is 2.14 bits per heavy atom. The highest BCUT2D eigenvalue weighted by Gasteiger charge is 2.29. The summed E-state index contributed by atoms with van der Waals surface area (Å²) in [6.45, 7) is 2.99. The average molecular weight is 398 g/mol. The van der Waals surface area contributed by atoms with Crippen LogP contribution in [-0.4, -0.2) is 33.9 Å². The van der Waals surface area contributed by atoms with E-state index in [2.05, 4.69) is 9.97 Å². The van der Waals surface area contributed by atoms with E-state index in [4.69, 9.17) is 16.3 Å². The quantitative estimate of drug-likeness (QED) is 0.733. The van der Waals surface area contributed by atoms with Crippen molar-refractivity contribution < 1.29 is 9.53 Å². The Balaban J connectivity index is 1.54. The number of aromatic nitrogens is 2. The number of halogens is 1. The van der Waals surface area contributed by atoms with Crippen LogP contribution >= 0.6 is 11.6 Å². The number of ether oxygens (including phenoxy) is 1. The van der Waals surface area contributed by atoms with Gasteiger partial charge < -0.3 is 14.6 Å². The summed E-state index contributed by atoms with van der Waals surface area (Å²) in [6, 6.07) is 12.6. The number of nitrogens with zero attached hydrogens (tertiary/aromatic N) is 2. The van der Waals surface area contributed by atoms with Crippen LogP contribution in [0.25, 0.3) is 10.9 Å². The molecule has 7 heteroatoms. The lowest BCUT2D eigenvalue weighted by atomic mass is 9.95. The Morgan fingerprint density at radius 1 is 1.32 bits per heavy atom. The van der Waals surface area contributed by atoms with Gasteiger partial charge in [0.05, 0.1) is 23.4 Å². The number of carbonyl (C=O) groups is 1. The topological polar surface area (TPSA) is 75.3 Å². The number of rotatable bonds is 4. The van der Waals surface area contributed by atoms with Gasteiger partial charge in [0.25, 0.3) is 5.56 Å². The van der Waals surface area contributed by atoms with Crippen LogP contribution in [0.15, 0.2) is 47.3 Å². The van der Waals surface area contributed by atoms with Gasteiger partial charge in [0.2, 0.25) is 5.91 Å². The molecule has 1 atom stereocenters. The summed E-state index contributed by atoms with van der Waals surface area (Å²) < 4.78 is 5.75. The van der Waals surface area contributed by atoms with Crippen LogP contribution in [0.1, 0.15) is 18.3 Å². The molecule has 1 aliphatic heterocycles. The number of para-hydroxylation sites is 1. The first-order chi connectivity index (χ1) is 13.5. The van der Waals surface area contributed by atoms with Crippen LogP contribution < -0.4 is 10.3 Å². The van der Waals surface area contributed by atoms with Crippen LogP contribution in [0.4, 0.5) is 0 Å². The van der Waals surface area contributed by atoms with E-state index in [0.717, 1.165) is 11.3 Å². The predicted molar refractivity (Wildman–Crippen MR) is 108 cm³/mol. The zero-order valence-electron chi connectivity index (χ0n) is 15.4. The second-order valence-electron chi connectivity index (χ2n) is 6.85. The lowest BCUT2D eigenvalue weighted by Gasteiger charge is -2.29. The van der Waals surface area contributed by atoms with Crippen LogP contribution in [0.5, 0.6) is 5.75 Å². The van der Waals surface area contributed by atoms with Gasteiger partial charge in [0.15, 0.2) is 0 Å². The van der Waals surface area contributed by atoms with Crippen molar-refractivity contribution in [3.63, 3.8) is 0 Å². The molecule has 1 aliphatic rings. The van der Waals surface area contributed by atoms with E-state index >= 15 is 0 Å². The van der Waals surface area contributed by atoms with Crippen molar-refractivity contribution in [1.82, 2.24) is 14.9 Å². The predicted octanol–water partition coefficient (Wildman–Crippen LogP) is 3.18. The molecular weight excluding hydrogens is 378 g/mol. The largest absolute Gasteiger partial charge is 0.492 e. The number of benzene rings is 2. The molecule has 28 heavy (non-hydrogen) atoms. The van der Waals surface area contributed by atoms with Gasteiger partial charge in [-0.25, -0.2) is 4.98 Å². The minimum atomic E-state index is -0.293. The number of hydrogen-bond donors (Lipinski definition) is 1. The van der Waals surface area contributed by atoms with Crippen molar-refractivity contribution in [2.75, 3.05) is 13.2 Å². The molecule has 2 heterocycles. The summed E-state index contributed by atoms with van der Waals surface area (Å²) in [5, 5.41) is 1.16. The fourth-order valence-electron chi connectivity index (χ4n) is 3.52. The van der Waals surface area contributed by atoms with Crippen molar-refractivity contribution in [3.05, 3.63) is 69.2 Å². The van der Waals surface area contributed by atoms with Crippen molar-refractivity contribution in [1.29, 1.82) is 0 Å². The maximum Gasteiger partial charge on any atom is 0.258 e. The first kappa shape index (κ1) is 18.5. The van der Waals surface area contributed by atoms with E-state index in [1.807, 2.05) is 25.1 Å². The third-order valence-corrected chi connectivity index (χ3v) is 5.21. The van der Waals surface area contributed by atoms with Crippen LogP contribution in [0.3, 0.4) is 0 Å². The highest BCUT2D eigenvalue weighted by Crippen LogP contribution is 2.30.